The zero-order chi connectivity index (χ0) is 13.3. The summed E-state index contributed by atoms with van der Waals surface area (Å²) in [6.07, 6.45) is 2.04. The van der Waals surface area contributed by atoms with Crippen LogP contribution >= 0.6 is 46.0 Å². The van der Waals surface area contributed by atoms with E-state index in [1.807, 2.05) is 18.2 Å². The van der Waals surface area contributed by atoms with Crippen LogP contribution in [0.1, 0.15) is 12.8 Å². The van der Waals surface area contributed by atoms with Gasteiger partial charge in [-0.15, -0.1) is 0 Å². The Kier molecular flexibility index (Phi) is 4.26. The number of rotatable bonds is 1. The van der Waals surface area contributed by atoms with E-state index in [2.05, 4.69) is 27.9 Å². The van der Waals surface area contributed by atoms with Crippen molar-refractivity contribution in [2.75, 3.05) is 24.3 Å². The highest BCUT2D eigenvalue weighted by Crippen LogP contribution is 2.37. The van der Waals surface area contributed by atoms with Crippen molar-refractivity contribution in [3.63, 3.8) is 0 Å². The summed E-state index contributed by atoms with van der Waals surface area (Å²) in [7, 11) is 0. The molecule has 2 aliphatic rings. The summed E-state index contributed by atoms with van der Waals surface area (Å²) in [6.45, 7) is 1.64. The van der Waals surface area contributed by atoms with Crippen LogP contribution in [0, 0.1) is 3.57 Å². The third-order valence-electron chi connectivity index (χ3n) is 3.41. The van der Waals surface area contributed by atoms with Crippen LogP contribution in [0.5, 0.6) is 0 Å². The summed E-state index contributed by atoms with van der Waals surface area (Å²) in [6, 6.07) is 6.00. The molecule has 0 atom stereocenters. The van der Waals surface area contributed by atoms with Gasteiger partial charge in [-0.1, -0.05) is 23.4 Å². The van der Waals surface area contributed by atoms with E-state index in [0.29, 0.717) is 0 Å². The molecule has 19 heavy (non-hydrogen) atoms. The number of nitrogens with one attached hydrogen (secondary N) is 1. The second kappa shape index (κ2) is 5.79. The second-order valence-electron chi connectivity index (χ2n) is 4.79. The Morgan fingerprint density at radius 3 is 2.89 bits per heavy atom. The maximum atomic E-state index is 6.23. The first kappa shape index (κ1) is 14.0. The number of hydrogen-bond donors (Lipinski definition) is 1. The van der Waals surface area contributed by atoms with Crippen molar-refractivity contribution in [3.05, 3.63) is 26.8 Å². The van der Waals surface area contributed by atoms with Crippen molar-refractivity contribution in [2.24, 2.45) is 4.99 Å². The molecule has 1 saturated heterocycles. The molecule has 1 spiro atoms. The molecule has 2 aliphatic heterocycles. The molecule has 3 rings (SSSR count). The van der Waals surface area contributed by atoms with Crippen molar-refractivity contribution in [1.82, 2.24) is 0 Å². The van der Waals surface area contributed by atoms with E-state index in [0.717, 1.165) is 51.3 Å². The number of thioether (sulfide) groups is 1. The maximum Gasteiger partial charge on any atom is 0.161 e. The number of nitrogens with zero attached hydrogens (tertiary/aromatic N) is 1. The smallest absolute Gasteiger partial charge is 0.161 e. The number of ether oxygens (including phenoxy) is 1. The topological polar surface area (TPSA) is 33.6 Å². The molecule has 1 aromatic carbocycles. The van der Waals surface area contributed by atoms with Gasteiger partial charge in [0.25, 0.3) is 0 Å². The van der Waals surface area contributed by atoms with E-state index in [1.165, 1.54) is 0 Å². The molecule has 6 heteroatoms. The Hall–Kier alpha value is 0.0200. The number of hydrogen-bond acceptors (Lipinski definition) is 4. The van der Waals surface area contributed by atoms with Gasteiger partial charge in [-0.2, -0.15) is 0 Å². The Labute approximate surface area is 135 Å². The number of anilines is 1. The lowest BCUT2D eigenvalue weighted by atomic mass is 9.93. The van der Waals surface area contributed by atoms with Crippen molar-refractivity contribution >= 4 is 56.8 Å². The van der Waals surface area contributed by atoms with Crippen LogP contribution in [0.2, 0.25) is 5.02 Å². The van der Waals surface area contributed by atoms with E-state index >= 15 is 0 Å². The normalized spacial score (nSPS) is 21.5. The van der Waals surface area contributed by atoms with E-state index < -0.39 is 0 Å². The predicted octanol–water partition coefficient (Wildman–Crippen LogP) is 4.01. The summed E-state index contributed by atoms with van der Waals surface area (Å²) >= 11 is 10.3. The Bertz CT molecular complexity index is 517. The molecule has 3 nitrogen and oxygen atoms in total. The van der Waals surface area contributed by atoms with Gasteiger partial charge < -0.3 is 10.1 Å². The minimum atomic E-state index is 0.0843. The molecule has 102 valence electrons. The largest absolute Gasteiger partial charge is 0.381 e. The minimum Gasteiger partial charge on any atom is -0.381 e. The van der Waals surface area contributed by atoms with Gasteiger partial charge in [0.2, 0.25) is 0 Å². The van der Waals surface area contributed by atoms with Crippen LogP contribution in [0.3, 0.4) is 0 Å². The van der Waals surface area contributed by atoms with Gasteiger partial charge in [0.15, 0.2) is 5.17 Å². The summed E-state index contributed by atoms with van der Waals surface area (Å²) in [5.74, 6) is 1.04. The van der Waals surface area contributed by atoms with Gasteiger partial charge in [0, 0.05) is 22.5 Å². The lowest BCUT2D eigenvalue weighted by molar-refractivity contribution is 0.0624. The molecule has 2 heterocycles. The average Bonchev–Trinajstić information content (AvgIpc) is 2.77. The second-order valence-corrected chi connectivity index (χ2v) is 7.41. The predicted molar refractivity (Wildman–Crippen MR) is 90.5 cm³/mol. The van der Waals surface area contributed by atoms with E-state index in [4.69, 9.17) is 21.3 Å². The highest BCUT2D eigenvalue weighted by Gasteiger charge is 2.37. The first-order chi connectivity index (χ1) is 9.17. The van der Waals surface area contributed by atoms with Gasteiger partial charge in [-0.25, -0.2) is 0 Å². The quantitative estimate of drug-likeness (QED) is 0.713. The van der Waals surface area contributed by atoms with Crippen molar-refractivity contribution < 1.29 is 4.74 Å². The molecule has 1 N–H and O–H groups in total. The van der Waals surface area contributed by atoms with Gasteiger partial charge >= 0.3 is 0 Å². The Morgan fingerprint density at radius 1 is 1.37 bits per heavy atom. The van der Waals surface area contributed by atoms with Crippen LogP contribution in [0.25, 0.3) is 0 Å². The van der Waals surface area contributed by atoms with E-state index in [9.17, 15) is 0 Å². The number of benzene rings is 1. The van der Waals surface area contributed by atoms with Gasteiger partial charge in [0.1, 0.15) is 0 Å². The molecule has 1 fully saturated rings. The number of amidine groups is 1. The molecule has 0 radical (unpaired) electrons. The molecule has 1 aromatic rings. The monoisotopic (exact) mass is 408 g/mol. The van der Waals surface area contributed by atoms with Gasteiger partial charge in [-0.3, -0.25) is 4.99 Å². The van der Waals surface area contributed by atoms with Crippen molar-refractivity contribution in [3.8, 4) is 0 Å². The third-order valence-corrected chi connectivity index (χ3v) is 5.54. The summed E-state index contributed by atoms with van der Waals surface area (Å²) in [4.78, 5) is 4.87. The third kappa shape index (κ3) is 3.20. The summed E-state index contributed by atoms with van der Waals surface area (Å²) in [5.41, 5.74) is 1.01. The molecule has 0 saturated carbocycles. The Morgan fingerprint density at radius 2 is 2.16 bits per heavy atom. The molecule has 0 aromatic heterocycles. The molecule has 0 bridgehead atoms. The lowest BCUT2D eigenvalue weighted by Crippen LogP contribution is -2.34. The van der Waals surface area contributed by atoms with Crippen LogP contribution in [-0.4, -0.2) is 29.7 Å². The molecular formula is C13H14ClIN2OS. The standard InChI is InChI=1S/C13H14ClIN2OS/c14-10-7-9(15)1-2-11(10)16-12-17-13(8-19-12)3-5-18-6-4-13/h1-2,7H,3-6,8H2,(H,16,17). The van der Waals surface area contributed by atoms with E-state index in [1.54, 1.807) is 11.8 Å². The summed E-state index contributed by atoms with van der Waals surface area (Å²) < 4.78 is 6.56. The summed E-state index contributed by atoms with van der Waals surface area (Å²) in [5, 5.41) is 5.06. The molecule has 0 amide bonds. The van der Waals surface area contributed by atoms with Crippen LogP contribution < -0.4 is 5.32 Å². The van der Waals surface area contributed by atoms with Crippen LogP contribution in [0.15, 0.2) is 23.2 Å². The zero-order valence-electron chi connectivity index (χ0n) is 10.3. The first-order valence-corrected chi connectivity index (χ1v) is 8.64. The SMILES string of the molecule is Clc1cc(I)ccc1NC1=NC2(CCOCC2)CS1. The molecule has 0 aliphatic carbocycles. The fourth-order valence-electron chi connectivity index (χ4n) is 2.26. The minimum absolute atomic E-state index is 0.0843. The molecule has 0 unspecified atom stereocenters. The van der Waals surface area contributed by atoms with Gasteiger partial charge in [-0.05, 0) is 53.6 Å². The highest BCUT2D eigenvalue weighted by atomic mass is 127. The first-order valence-electron chi connectivity index (χ1n) is 6.19. The van der Waals surface area contributed by atoms with Crippen LogP contribution in [0.4, 0.5) is 5.69 Å². The number of halogens is 2. The lowest BCUT2D eigenvalue weighted by Gasteiger charge is -2.29. The van der Waals surface area contributed by atoms with Gasteiger partial charge in [0.05, 0.1) is 16.2 Å². The van der Waals surface area contributed by atoms with Crippen molar-refractivity contribution in [2.45, 2.75) is 18.4 Å². The Balaban J connectivity index is 1.75. The van der Waals surface area contributed by atoms with Crippen molar-refractivity contribution in [1.29, 1.82) is 0 Å². The van der Waals surface area contributed by atoms with Crippen LogP contribution in [-0.2, 0) is 4.74 Å². The maximum absolute atomic E-state index is 6.23. The fraction of sp³-hybridized carbons (Fsp3) is 0.462. The van der Waals surface area contributed by atoms with E-state index in [-0.39, 0.29) is 5.54 Å². The molecular weight excluding hydrogens is 395 g/mol. The highest BCUT2D eigenvalue weighted by molar-refractivity contribution is 14.1. The number of aliphatic imine (C=N–C) groups is 1. The average molecular weight is 409 g/mol. The zero-order valence-corrected chi connectivity index (χ0v) is 14.0. The fourth-order valence-corrected chi connectivity index (χ4v) is 4.36.